The summed E-state index contributed by atoms with van der Waals surface area (Å²) >= 11 is 1.88. The van der Waals surface area contributed by atoms with Gasteiger partial charge in [0.1, 0.15) is 0 Å². The van der Waals surface area contributed by atoms with Gasteiger partial charge in [-0.05, 0) is 57.7 Å². The van der Waals surface area contributed by atoms with Crippen molar-refractivity contribution in [3.63, 3.8) is 0 Å². The van der Waals surface area contributed by atoms with Crippen LogP contribution in [0.3, 0.4) is 0 Å². The quantitative estimate of drug-likeness (QED) is 0.822. The van der Waals surface area contributed by atoms with E-state index in [1.165, 1.54) is 35.4 Å². The summed E-state index contributed by atoms with van der Waals surface area (Å²) in [7, 11) is 0. The van der Waals surface area contributed by atoms with E-state index in [0.29, 0.717) is 23.9 Å². The molecule has 0 spiro atoms. The zero-order valence-corrected chi connectivity index (χ0v) is 15.1. The second-order valence-corrected chi connectivity index (χ2v) is 8.86. The van der Waals surface area contributed by atoms with Gasteiger partial charge in [-0.2, -0.15) is 0 Å². The Hall–Kier alpha value is -0.870. The zero-order chi connectivity index (χ0) is 16.0. The molecule has 1 aromatic rings. The number of carbonyl (C=O) groups excluding carboxylic acids is 1. The average molecular weight is 333 g/mol. The van der Waals surface area contributed by atoms with Crippen molar-refractivity contribution in [1.29, 1.82) is 0 Å². The van der Waals surface area contributed by atoms with Crippen LogP contribution in [0.1, 0.15) is 54.7 Å². The Morgan fingerprint density at radius 1 is 1.22 bits per heavy atom. The molecule has 0 bridgehead atoms. The fourth-order valence-corrected chi connectivity index (χ4v) is 5.21. The number of hydrogen-bond donors (Lipinski definition) is 0. The van der Waals surface area contributed by atoms with Crippen LogP contribution in [0.15, 0.2) is 12.1 Å². The fourth-order valence-electron chi connectivity index (χ4n) is 4.15. The van der Waals surface area contributed by atoms with Crippen molar-refractivity contribution in [2.75, 3.05) is 19.6 Å². The summed E-state index contributed by atoms with van der Waals surface area (Å²) in [5.41, 5.74) is 0. The first-order valence-corrected chi connectivity index (χ1v) is 10.1. The van der Waals surface area contributed by atoms with E-state index in [0.717, 1.165) is 26.1 Å². The van der Waals surface area contributed by atoms with Crippen LogP contribution in [-0.4, -0.2) is 47.4 Å². The molecule has 4 rings (SSSR count). The summed E-state index contributed by atoms with van der Waals surface area (Å²) in [6.45, 7) is 7.87. The highest BCUT2D eigenvalue weighted by molar-refractivity contribution is 7.12. The van der Waals surface area contributed by atoms with Crippen LogP contribution in [0.5, 0.6) is 0 Å². The van der Waals surface area contributed by atoms with Crippen molar-refractivity contribution < 1.29 is 4.79 Å². The number of piperidine rings is 1. The second kappa shape index (κ2) is 6.21. The molecule has 2 saturated carbocycles. The maximum absolute atomic E-state index is 13.1. The number of likely N-dealkylation sites (tertiary alicyclic amines) is 1. The maximum atomic E-state index is 13.1. The van der Waals surface area contributed by atoms with Gasteiger partial charge in [-0.1, -0.05) is 6.92 Å². The third-order valence-electron chi connectivity index (χ3n) is 5.83. The molecule has 0 N–H and O–H groups in total. The van der Waals surface area contributed by atoms with Crippen LogP contribution in [0.25, 0.3) is 0 Å². The molecule has 0 unspecified atom stereocenters. The number of thiophene rings is 1. The van der Waals surface area contributed by atoms with Gasteiger partial charge in [-0.3, -0.25) is 4.79 Å². The zero-order valence-electron chi connectivity index (χ0n) is 14.3. The smallest absolute Gasteiger partial charge is 0.226 e. The van der Waals surface area contributed by atoms with Crippen LogP contribution in [0, 0.1) is 12.8 Å². The molecule has 1 aromatic heterocycles. The molecular formula is C19H28N2OS. The second-order valence-electron chi connectivity index (χ2n) is 7.54. The van der Waals surface area contributed by atoms with Gasteiger partial charge in [0.25, 0.3) is 0 Å². The SMILES string of the molecule is CCN1CCC(N(C(=O)[C@@H]2C[C@H]2c2ccc(C)s2)C2CC2)CC1. The van der Waals surface area contributed by atoms with E-state index in [1.807, 2.05) is 11.3 Å². The number of nitrogens with zero attached hydrogens (tertiary/aromatic N) is 2. The minimum Gasteiger partial charge on any atom is -0.336 e. The van der Waals surface area contributed by atoms with E-state index >= 15 is 0 Å². The summed E-state index contributed by atoms with van der Waals surface area (Å²) in [4.78, 5) is 20.8. The van der Waals surface area contributed by atoms with Crippen LogP contribution >= 0.6 is 11.3 Å². The third-order valence-corrected chi connectivity index (χ3v) is 6.96. The maximum Gasteiger partial charge on any atom is 0.226 e. The Bertz CT molecular complexity index is 572. The lowest BCUT2D eigenvalue weighted by molar-refractivity contribution is -0.136. The van der Waals surface area contributed by atoms with Crippen molar-refractivity contribution >= 4 is 17.2 Å². The lowest BCUT2D eigenvalue weighted by atomic mass is 10.0. The molecule has 3 fully saturated rings. The molecule has 1 saturated heterocycles. The van der Waals surface area contributed by atoms with Crippen molar-refractivity contribution in [1.82, 2.24) is 9.80 Å². The number of aryl methyl sites for hydroxylation is 1. The Balaban J connectivity index is 1.41. The third kappa shape index (κ3) is 3.20. The fraction of sp³-hybridized carbons (Fsp3) is 0.737. The molecule has 2 heterocycles. The van der Waals surface area contributed by atoms with Gasteiger partial charge in [0.15, 0.2) is 0 Å². The van der Waals surface area contributed by atoms with Crippen molar-refractivity contribution in [3.05, 3.63) is 21.9 Å². The van der Waals surface area contributed by atoms with Gasteiger partial charge in [-0.25, -0.2) is 0 Å². The van der Waals surface area contributed by atoms with Gasteiger partial charge >= 0.3 is 0 Å². The lowest BCUT2D eigenvalue weighted by Crippen LogP contribution is -2.49. The van der Waals surface area contributed by atoms with Gasteiger partial charge < -0.3 is 9.80 Å². The molecule has 0 radical (unpaired) electrons. The summed E-state index contributed by atoms with van der Waals surface area (Å²) in [6.07, 6.45) is 5.89. The summed E-state index contributed by atoms with van der Waals surface area (Å²) in [5, 5.41) is 0. The molecule has 1 amide bonds. The molecule has 2 aliphatic carbocycles. The van der Waals surface area contributed by atoms with Gasteiger partial charge in [-0.15, -0.1) is 11.3 Å². The molecular weight excluding hydrogens is 304 g/mol. The normalized spacial score (nSPS) is 28.8. The molecule has 4 heteroatoms. The minimum absolute atomic E-state index is 0.276. The first-order valence-electron chi connectivity index (χ1n) is 9.28. The topological polar surface area (TPSA) is 23.6 Å². The Kier molecular flexibility index (Phi) is 4.22. The molecule has 3 aliphatic rings. The van der Waals surface area contributed by atoms with Crippen LogP contribution in [-0.2, 0) is 4.79 Å². The molecule has 2 atom stereocenters. The van der Waals surface area contributed by atoms with E-state index < -0.39 is 0 Å². The number of rotatable bonds is 5. The first kappa shape index (κ1) is 15.6. The molecule has 126 valence electrons. The highest BCUT2D eigenvalue weighted by Gasteiger charge is 2.50. The van der Waals surface area contributed by atoms with Crippen molar-refractivity contribution in [2.24, 2.45) is 5.92 Å². The van der Waals surface area contributed by atoms with Gasteiger partial charge in [0.2, 0.25) is 5.91 Å². The highest BCUT2D eigenvalue weighted by Crippen LogP contribution is 2.51. The van der Waals surface area contributed by atoms with E-state index in [2.05, 4.69) is 35.8 Å². The average Bonchev–Trinajstić information content (AvgIpc) is 3.48. The Morgan fingerprint density at radius 2 is 1.91 bits per heavy atom. The van der Waals surface area contributed by atoms with Crippen LogP contribution < -0.4 is 0 Å². The van der Waals surface area contributed by atoms with Crippen molar-refractivity contribution in [2.45, 2.75) is 64.0 Å². The van der Waals surface area contributed by atoms with E-state index in [-0.39, 0.29) is 5.92 Å². The Labute approximate surface area is 143 Å². The predicted octanol–water partition coefficient (Wildman–Crippen LogP) is 3.64. The van der Waals surface area contributed by atoms with Crippen LogP contribution in [0.2, 0.25) is 0 Å². The largest absolute Gasteiger partial charge is 0.336 e. The number of carbonyl (C=O) groups is 1. The Morgan fingerprint density at radius 3 is 2.48 bits per heavy atom. The standard InChI is InChI=1S/C19H28N2OS/c1-3-20-10-8-15(9-11-20)21(14-5-6-14)19(22)17-12-16(17)18-7-4-13(2)23-18/h4,7,14-17H,3,5-6,8-12H2,1-2H3/t16-,17-/m1/s1. The minimum atomic E-state index is 0.276. The molecule has 1 aliphatic heterocycles. The lowest BCUT2D eigenvalue weighted by Gasteiger charge is -2.38. The predicted molar refractivity (Wildman–Crippen MR) is 94.9 cm³/mol. The molecule has 3 nitrogen and oxygen atoms in total. The monoisotopic (exact) mass is 332 g/mol. The number of amides is 1. The molecule has 23 heavy (non-hydrogen) atoms. The summed E-state index contributed by atoms with van der Waals surface area (Å²) < 4.78 is 0. The number of hydrogen-bond acceptors (Lipinski definition) is 3. The van der Waals surface area contributed by atoms with Gasteiger partial charge in [0, 0.05) is 46.8 Å². The van der Waals surface area contributed by atoms with E-state index in [9.17, 15) is 4.79 Å². The molecule has 0 aromatic carbocycles. The summed E-state index contributed by atoms with van der Waals surface area (Å²) in [5.74, 6) is 1.26. The van der Waals surface area contributed by atoms with E-state index in [1.54, 1.807) is 0 Å². The summed E-state index contributed by atoms with van der Waals surface area (Å²) in [6, 6.07) is 5.49. The van der Waals surface area contributed by atoms with E-state index in [4.69, 9.17) is 0 Å². The van der Waals surface area contributed by atoms with Crippen LogP contribution in [0.4, 0.5) is 0 Å². The highest BCUT2D eigenvalue weighted by atomic mass is 32.1. The van der Waals surface area contributed by atoms with Gasteiger partial charge in [0.05, 0.1) is 0 Å². The first-order chi connectivity index (χ1) is 11.2. The van der Waals surface area contributed by atoms with Crippen molar-refractivity contribution in [3.8, 4) is 0 Å².